The third kappa shape index (κ3) is 5.04. The Hall–Kier alpha value is -2.08. The van der Waals surface area contributed by atoms with Crippen LogP contribution in [-0.2, 0) is 16.1 Å². The van der Waals surface area contributed by atoms with Gasteiger partial charge in [-0.15, -0.1) is 0 Å². The topological polar surface area (TPSA) is 70.1 Å². The molecule has 1 atom stereocenters. The van der Waals surface area contributed by atoms with Crippen molar-refractivity contribution in [1.82, 2.24) is 9.80 Å². The number of hydrogen-bond acceptors (Lipinski definition) is 4. The molecule has 22 heavy (non-hydrogen) atoms. The second kappa shape index (κ2) is 7.79. The molecule has 1 aromatic carbocycles. The smallest absolute Gasteiger partial charge is 0.410 e. The van der Waals surface area contributed by atoms with Crippen molar-refractivity contribution < 1.29 is 19.4 Å². The molecule has 1 unspecified atom stereocenters. The van der Waals surface area contributed by atoms with Crippen molar-refractivity contribution in [3.8, 4) is 0 Å². The number of carbonyl (C=O) groups excluding carboxylic acids is 1. The molecular weight excluding hydrogens is 284 g/mol. The summed E-state index contributed by atoms with van der Waals surface area (Å²) in [7, 11) is 2.02. The predicted molar refractivity (Wildman–Crippen MR) is 81.4 cm³/mol. The molecule has 6 heteroatoms. The van der Waals surface area contributed by atoms with Crippen molar-refractivity contribution in [2.45, 2.75) is 13.0 Å². The van der Waals surface area contributed by atoms with E-state index in [1.54, 1.807) is 0 Å². The Bertz CT molecular complexity index is 506. The van der Waals surface area contributed by atoms with E-state index in [9.17, 15) is 9.59 Å². The number of benzene rings is 1. The molecule has 1 N–H and O–H groups in total. The summed E-state index contributed by atoms with van der Waals surface area (Å²) in [4.78, 5) is 26.6. The Morgan fingerprint density at radius 3 is 2.68 bits per heavy atom. The van der Waals surface area contributed by atoms with E-state index in [0.717, 1.165) is 25.1 Å². The maximum absolute atomic E-state index is 12.1. The van der Waals surface area contributed by atoms with Crippen molar-refractivity contribution in [3.63, 3.8) is 0 Å². The summed E-state index contributed by atoms with van der Waals surface area (Å²) < 4.78 is 5.24. The van der Waals surface area contributed by atoms with Crippen LogP contribution in [0.15, 0.2) is 30.3 Å². The van der Waals surface area contributed by atoms with Gasteiger partial charge < -0.3 is 14.7 Å². The molecule has 1 amide bonds. The van der Waals surface area contributed by atoms with Crippen LogP contribution >= 0.6 is 0 Å². The summed E-state index contributed by atoms with van der Waals surface area (Å²) in [5.41, 5.74) is 0.881. The molecule has 1 saturated heterocycles. The van der Waals surface area contributed by atoms with Gasteiger partial charge in [0.25, 0.3) is 0 Å². The number of amides is 1. The lowest BCUT2D eigenvalue weighted by Gasteiger charge is -2.23. The summed E-state index contributed by atoms with van der Waals surface area (Å²) in [5.74, 6) is -0.725. The molecule has 0 bridgehead atoms. The van der Waals surface area contributed by atoms with E-state index in [1.165, 1.54) is 4.90 Å². The fourth-order valence-corrected chi connectivity index (χ4v) is 2.66. The Balaban J connectivity index is 1.89. The first-order valence-electron chi connectivity index (χ1n) is 7.40. The molecule has 0 aliphatic carbocycles. The average molecular weight is 306 g/mol. The first-order valence-corrected chi connectivity index (χ1v) is 7.40. The van der Waals surface area contributed by atoms with Crippen molar-refractivity contribution >= 4 is 12.1 Å². The summed E-state index contributed by atoms with van der Waals surface area (Å²) in [6.45, 7) is 2.10. The van der Waals surface area contributed by atoms with Crippen LogP contribution < -0.4 is 0 Å². The number of carbonyl (C=O) groups is 2. The number of aliphatic carboxylic acids is 1. The molecule has 6 nitrogen and oxygen atoms in total. The highest BCUT2D eigenvalue weighted by Crippen LogP contribution is 2.16. The van der Waals surface area contributed by atoms with Gasteiger partial charge in [0.2, 0.25) is 0 Å². The molecule has 0 radical (unpaired) electrons. The zero-order valence-corrected chi connectivity index (χ0v) is 12.8. The number of ether oxygens (including phenoxy) is 1. The van der Waals surface area contributed by atoms with E-state index < -0.39 is 12.1 Å². The van der Waals surface area contributed by atoms with Crippen molar-refractivity contribution in [2.24, 2.45) is 5.92 Å². The summed E-state index contributed by atoms with van der Waals surface area (Å²) in [6, 6.07) is 9.35. The van der Waals surface area contributed by atoms with Crippen LogP contribution in [0.2, 0.25) is 0 Å². The Morgan fingerprint density at radius 2 is 2.09 bits per heavy atom. The lowest BCUT2D eigenvalue weighted by Crippen LogP contribution is -2.40. The van der Waals surface area contributed by atoms with Crippen molar-refractivity contribution in [2.75, 3.05) is 33.2 Å². The van der Waals surface area contributed by atoms with E-state index in [0.29, 0.717) is 12.5 Å². The molecule has 2 rings (SSSR count). The molecule has 1 aromatic rings. The maximum atomic E-state index is 12.1. The Kier molecular flexibility index (Phi) is 5.77. The maximum Gasteiger partial charge on any atom is 0.410 e. The van der Waals surface area contributed by atoms with Crippen LogP contribution in [0.3, 0.4) is 0 Å². The fourth-order valence-electron chi connectivity index (χ4n) is 2.66. The van der Waals surface area contributed by atoms with Gasteiger partial charge >= 0.3 is 12.1 Å². The second-order valence-corrected chi connectivity index (χ2v) is 5.73. The number of rotatable bonds is 6. The first-order chi connectivity index (χ1) is 10.5. The van der Waals surface area contributed by atoms with Crippen LogP contribution in [0.1, 0.15) is 12.0 Å². The van der Waals surface area contributed by atoms with Crippen molar-refractivity contribution in [3.05, 3.63) is 35.9 Å². The third-order valence-electron chi connectivity index (χ3n) is 3.76. The lowest BCUT2D eigenvalue weighted by atomic mass is 10.1. The van der Waals surface area contributed by atoms with E-state index in [4.69, 9.17) is 9.84 Å². The van der Waals surface area contributed by atoms with E-state index in [1.807, 2.05) is 37.4 Å². The molecule has 1 aliphatic rings. The van der Waals surface area contributed by atoms with Gasteiger partial charge in [-0.3, -0.25) is 9.69 Å². The average Bonchev–Trinajstić information content (AvgIpc) is 2.90. The zero-order chi connectivity index (χ0) is 15.9. The summed E-state index contributed by atoms with van der Waals surface area (Å²) >= 11 is 0. The fraction of sp³-hybridized carbons (Fsp3) is 0.500. The molecule has 0 aromatic heterocycles. The minimum Gasteiger partial charge on any atom is -0.480 e. The summed E-state index contributed by atoms with van der Waals surface area (Å²) in [5, 5.41) is 8.98. The van der Waals surface area contributed by atoms with Crippen molar-refractivity contribution in [1.29, 1.82) is 0 Å². The van der Waals surface area contributed by atoms with Gasteiger partial charge in [0.15, 0.2) is 0 Å². The Morgan fingerprint density at radius 1 is 1.36 bits per heavy atom. The van der Waals surface area contributed by atoms with Crippen LogP contribution in [0.25, 0.3) is 0 Å². The first kappa shape index (κ1) is 16.3. The molecule has 120 valence electrons. The normalized spacial score (nSPS) is 18.1. The van der Waals surface area contributed by atoms with Gasteiger partial charge in [0.1, 0.15) is 13.2 Å². The third-order valence-corrected chi connectivity index (χ3v) is 3.76. The molecule has 1 fully saturated rings. The largest absolute Gasteiger partial charge is 0.480 e. The molecule has 1 heterocycles. The van der Waals surface area contributed by atoms with Crippen LogP contribution in [-0.4, -0.2) is 60.2 Å². The second-order valence-electron chi connectivity index (χ2n) is 5.73. The minimum absolute atomic E-state index is 0.153. The van der Waals surface area contributed by atoms with Gasteiger partial charge in [0, 0.05) is 13.1 Å². The highest BCUT2D eigenvalue weighted by molar-refractivity contribution is 5.76. The van der Waals surface area contributed by atoms with Crippen LogP contribution in [0, 0.1) is 5.92 Å². The highest BCUT2D eigenvalue weighted by Gasteiger charge is 2.26. The van der Waals surface area contributed by atoms with E-state index in [2.05, 4.69) is 4.90 Å². The number of nitrogens with zero attached hydrogens (tertiary/aromatic N) is 2. The lowest BCUT2D eigenvalue weighted by molar-refractivity contribution is -0.138. The van der Waals surface area contributed by atoms with E-state index >= 15 is 0 Å². The molecule has 1 aliphatic heterocycles. The molecular formula is C16H22N2O4. The van der Waals surface area contributed by atoms with E-state index in [-0.39, 0.29) is 13.2 Å². The standard InChI is InChI=1S/C16H22N2O4/c1-17-8-7-14(9-17)10-18(11-15(19)20)16(21)22-12-13-5-3-2-4-6-13/h2-6,14H,7-12H2,1H3,(H,19,20). The minimum atomic E-state index is -1.02. The van der Waals surface area contributed by atoms with Crippen LogP contribution in [0.4, 0.5) is 4.79 Å². The molecule has 0 saturated carbocycles. The molecule has 0 spiro atoms. The van der Waals surface area contributed by atoms with Gasteiger partial charge in [-0.2, -0.15) is 0 Å². The van der Waals surface area contributed by atoms with Crippen LogP contribution in [0.5, 0.6) is 0 Å². The zero-order valence-electron chi connectivity index (χ0n) is 12.8. The van der Waals surface area contributed by atoms with Gasteiger partial charge in [-0.05, 0) is 31.5 Å². The SMILES string of the molecule is CN1CCC(CN(CC(=O)O)C(=O)OCc2ccccc2)C1. The highest BCUT2D eigenvalue weighted by atomic mass is 16.6. The number of carboxylic acids is 1. The van der Waals surface area contributed by atoms with Gasteiger partial charge in [-0.25, -0.2) is 4.79 Å². The Labute approximate surface area is 130 Å². The van der Waals surface area contributed by atoms with Gasteiger partial charge in [-0.1, -0.05) is 30.3 Å². The number of hydrogen-bond donors (Lipinski definition) is 1. The number of likely N-dealkylation sites (tertiary alicyclic amines) is 1. The predicted octanol–water partition coefficient (Wildman–Crippen LogP) is 1.66. The quantitative estimate of drug-likeness (QED) is 0.865. The summed E-state index contributed by atoms with van der Waals surface area (Å²) in [6.07, 6.45) is 0.402. The number of carboxylic acid groups (broad SMARTS) is 1. The van der Waals surface area contributed by atoms with Gasteiger partial charge in [0.05, 0.1) is 0 Å². The monoisotopic (exact) mass is 306 g/mol.